The molecule has 23 heavy (non-hydrogen) atoms. The Balaban J connectivity index is 1.69. The topological polar surface area (TPSA) is 40.5 Å². The highest BCUT2D eigenvalue weighted by Gasteiger charge is 2.63. The van der Waals surface area contributed by atoms with Gasteiger partial charge >= 0.3 is 0 Å². The van der Waals surface area contributed by atoms with Gasteiger partial charge in [-0.15, -0.1) is 6.42 Å². The first-order chi connectivity index (χ1) is 10.8. The van der Waals surface area contributed by atoms with E-state index in [0.29, 0.717) is 17.8 Å². The lowest BCUT2D eigenvalue weighted by molar-refractivity contribution is -0.0969. The molecule has 0 aromatic carbocycles. The second kappa shape index (κ2) is 4.87. The summed E-state index contributed by atoms with van der Waals surface area (Å²) in [6, 6.07) is 0. The minimum atomic E-state index is -0.906. The van der Waals surface area contributed by atoms with E-state index < -0.39 is 5.60 Å². The molecule has 2 unspecified atom stereocenters. The number of rotatable bonds is 0. The number of aliphatic hydroxyl groups is 2. The average Bonchev–Trinajstić information content (AvgIpc) is 2.80. The smallest absolute Gasteiger partial charge is 0.130 e. The van der Waals surface area contributed by atoms with Crippen LogP contribution in [0.5, 0.6) is 0 Å². The van der Waals surface area contributed by atoms with E-state index in [-0.39, 0.29) is 16.9 Å². The standard InChI is InChI=1S/C21H30O2/c1-4-21(23)12-9-18-16-6-5-14-13-15(22)7-10-19(14,2)17(16)8-11-20(18,21)3/h1,5,15-18,22-23H,6-13H2,2-3H3/t15?,16-,17-,18+,19+,20+,21?/m1/s1. The summed E-state index contributed by atoms with van der Waals surface area (Å²) in [6.45, 7) is 4.68. The molecule has 0 aromatic heterocycles. The number of allylic oxidation sites excluding steroid dienone is 1. The van der Waals surface area contributed by atoms with Crippen LogP contribution in [0.3, 0.4) is 0 Å². The van der Waals surface area contributed by atoms with Crippen LogP contribution < -0.4 is 0 Å². The summed E-state index contributed by atoms with van der Waals surface area (Å²) in [5, 5.41) is 21.0. The number of aliphatic hydroxyl groups excluding tert-OH is 1. The van der Waals surface area contributed by atoms with E-state index in [1.807, 2.05) is 0 Å². The molecule has 4 aliphatic carbocycles. The van der Waals surface area contributed by atoms with Gasteiger partial charge in [0.2, 0.25) is 0 Å². The highest BCUT2D eigenvalue weighted by Crippen LogP contribution is 2.66. The third kappa shape index (κ3) is 1.90. The molecule has 0 heterocycles. The van der Waals surface area contributed by atoms with Crippen LogP contribution >= 0.6 is 0 Å². The molecule has 0 aromatic rings. The van der Waals surface area contributed by atoms with Gasteiger partial charge in [-0.3, -0.25) is 0 Å². The van der Waals surface area contributed by atoms with Crippen LogP contribution in [0.4, 0.5) is 0 Å². The Morgan fingerprint density at radius 3 is 2.61 bits per heavy atom. The van der Waals surface area contributed by atoms with Gasteiger partial charge in [0.1, 0.15) is 5.60 Å². The number of hydrogen-bond acceptors (Lipinski definition) is 2. The van der Waals surface area contributed by atoms with Crippen LogP contribution in [-0.4, -0.2) is 21.9 Å². The van der Waals surface area contributed by atoms with E-state index in [4.69, 9.17) is 6.42 Å². The number of hydrogen-bond donors (Lipinski definition) is 2. The van der Waals surface area contributed by atoms with E-state index >= 15 is 0 Å². The van der Waals surface area contributed by atoms with Crippen molar-refractivity contribution in [2.24, 2.45) is 28.6 Å². The van der Waals surface area contributed by atoms with Gasteiger partial charge in [-0.05, 0) is 74.5 Å². The lowest BCUT2D eigenvalue weighted by Crippen LogP contribution is -2.54. The zero-order valence-corrected chi connectivity index (χ0v) is 14.5. The van der Waals surface area contributed by atoms with Crippen molar-refractivity contribution in [3.63, 3.8) is 0 Å². The summed E-state index contributed by atoms with van der Waals surface area (Å²) in [6.07, 6.45) is 16.1. The van der Waals surface area contributed by atoms with Crippen LogP contribution in [-0.2, 0) is 0 Å². The Kier molecular flexibility index (Phi) is 3.33. The highest BCUT2D eigenvalue weighted by molar-refractivity contribution is 5.28. The molecule has 0 radical (unpaired) electrons. The predicted octanol–water partition coefficient (Wildman–Crippen LogP) is 3.67. The Hall–Kier alpha value is -0.780. The van der Waals surface area contributed by atoms with Gasteiger partial charge in [0.05, 0.1) is 6.10 Å². The van der Waals surface area contributed by atoms with Crippen LogP contribution in [0.2, 0.25) is 0 Å². The van der Waals surface area contributed by atoms with Crippen LogP contribution in [0.15, 0.2) is 11.6 Å². The van der Waals surface area contributed by atoms with Gasteiger partial charge in [-0.2, -0.15) is 0 Å². The maximum atomic E-state index is 11.0. The van der Waals surface area contributed by atoms with E-state index in [1.165, 1.54) is 12.0 Å². The molecule has 0 spiro atoms. The maximum Gasteiger partial charge on any atom is 0.130 e. The first-order valence-corrected chi connectivity index (χ1v) is 9.42. The fourth-order valence-electron chi connectivity index (χ4n) is 6.89. The molecule has 0 aliphatic heterocycles. The van der Waals surface area contributed by atoms with Crippen LogP contribution in [0, 0.1) is 40.9 Å². The van der Waals surface area contributed by atoms with Crippen molar-refractivity contribution in [1.29, 1.82) is 0 Å². The molecule has 4 rings (SSSR count). The van der Waals surface area contributed by atoms with Gasteiger partial charge in [0, 0.05) is 5.41 Å². The number of fused-ring (bicyclic) bond motifs is 5. The third-order valence-electron chi connectivity index (χ3n) is 8.47. The van der Waals surface area contributed by atoms with Crippen molar-refractivity contribution in [3.05, 3.63) is 11.6 Å². The fourth-order valence-corrected chi connectivity index (χ4v) is 6.89. The predicted molar refractivity (Wildman–Crippen MR) is 91.5 cm³/mol. The van der Waals surface area contributed by atoms with Crippen molar-refractivity contribution >= 4 is 0 Å². The molecular weight excluding hydrogens is 284 g/mol. The normalized spacial score (nSPS) is 55.2. The monoisotopic (exact) mass is 314 g/mol. The third-order valence-corrected chi connectivity index (χ3v) is 8.47. The summed E-state index contributed by atoms with van der Waals surface area (Å²) in [4.78, 5) is 0. The minimum Gasteiger partial charge on any atom is -0.393 e. The summed E-state index contributed by atoms with van der Waals surface area (Å²) < 4.78 is 0. The van der Waals surface area contributed by atoms with Gasteiger partial charge in [-0.25, -0.2) is 0 Å². The average molecular weight is 314 g/mol. The summed E-state index contributed by atoms with van der Waals surface area (Å²) in [5.74, 6) is 4.65. The second-order valence-corrected chi connectivity index (χ2v) is 9.16. The van der Waals surface area contributed by atoms with Crippen molar-refractivity contribution < 1.29 is 10.2 Å². The highest BCUT2D eigenvalue weighted by atomic mass is 16.3. The molecular formula is C21H30O2. The molecule has 0 bridgehead atoms. The Labute approximate surface area is 140 Å². The van der Waals surface area contributed by atoms with Gasteiger partial charge in [0.15, 0.2) is 0 Å². The summed E-state index contributed by atoms with van der Waals surface area (Å²) in [7, 11) is 0. The van der Waals surface area contributed by atoms with Crippen LogP contribution in [0.25, 0.3) is 0 Å². The minimum absolute atomic E-state index is 0.112. The van der Waals surface area contributed by atoms with E-state index in [9.17, 15) is 10.2 Å². The van der Waals surface area contributed by atoms with E-state index in [0.717, 1.165) is 44.9 Å². The molecule has 2 heteroatoms. The molecule has 4 aliphatic rings. The summed E-state index contributed by atoms with van der Waals surface area (Å²) in [5.41, 5.74) is 0.751. The van der Waals surface area contributed by atoms with Crippen molar-refractivity contribution in [3.8, 4) is 12.3 Å². The second-order valence-electron chi connectivity index (χ2n) is 9.16. The molecule has 3 fully saturated rings. The zero-order chi connectivity index (χ0) is 16.5. The number of terminal acetylenes is 1. The van der Waals surface area contributed by atoms with Gasteiger partial charge < -0.3 is 10.2 Å². The van der Waals surface area contributed by atoms with Crippen molar-refractivity contribution in [1.82, 2.24) is 0 Å². The van der Waals surface area contributed by atoms with Crippen LogP contribution in [0.1, 0.15) is 65.2 Å². The summed E-state index contributed by atoms with van der Waals surface area (Å²) >= 11 is 0. The largest absolute Gasteiger partial charge is 0.393 e. The quantitative estimate of drug-likeness (QED) is 0.529. The lowest BCUT2D eigenvalue weighted by atomic mass is 9.47. The van der Waals surface area contributed by atoms with Crippen molar-refractivity contribution in [2.75, 3.05) is 0 Å². The van der Waals surface area contributed by atoms with E-state index in [2.05, 4.69) is 25.8 Å². The van der Waals surface area contributed by atoms with E-state index in [1.54, 1.807) is 0 Å². The zero-order valence-electron chi connectivity index (χ0n) is 14.5. The Bertz CT molecular complexity index is 587. The first kappa shape index (κ1) is 15.7. The Morgan fingerprint density at radius 1 is 1.13 bits per heavy atom. The van der Waals surface area contributed by atoms with Crippen molar-refractivity contribution in [2.45, 2.75) is 76.9 Å². The first-order valence-electron chi connectivity index (χ1n) is 9.42. The maximum absolute atomic E-state index is 11.0. The molecule has 0 amide bonds. The Morgan fingerprint density at radius 2 is 1.87 bits per heavy atom. The molecule has 126 valence electrons. The van der Waals surface area contributed by atoms with Gasteiger partial charge in [-0.1, -0.05) is 31.4 Å². The molecule has 7 atom stereocenters. The SMILES string of the molecule is C#CC1(O)CC[C@H]2[C@@H]3CC=C4CC(O)CC[C@]4(C)[C@@H]3CC[C@@]21C. The molecule has 2 N–H and O–H groups in total. The lowest BCUT2D eigenvalue weighted by Gasteiger charge is -2.58. The molecule has 0 saturated heterocycles. The fraction of sp³-hybridized carbons (Fsp3) is 0.810. The molecule has 3 saturated carbocycles. The van der Waals surface area contributed by atoms with Gasteiger partial charge in [0.25, 0.3) is 0 Å². The molecule has 2 nitrogen and oxygen atoms in total.